The van der Waals surface area contributed by atoms with E-state index >= 15 is 0 Å². The van der Waals surface area contributed by atoms with Gasteiger partial charge in [0, 0.05) is 11.8 Å². The number of aromatic amines is 1. The Labute approximate surface area is 172 Å². The van der Waals surface area contributed by atoms with Crippen LogP contribution in [0.3, 0.4) is 0 Å². The summed E-state index contributed by atoms with van der Waals surface area (Å²) in [4.78, 5) is 26.2. The predicted molar refractivity (Wildman–Crippen MR) is 111 cm³/mol. The zero-order valence-electron chi connectivity index (χ0n) is 16.1. The maximum atomic E-state index is 12.8. The highest BCUT2D eigenvalue weighted by atomic mass is 32.2. The number of Topliss-reactive ketones (excluding diaryl/α,β-unsaturated/α-hetero) is 1. The van der Waals surface area contributed by atoms with Crippen LogP contribution in [0.2, 0.25) is 0 Å². The number of para-hydroxylation sites is 2. The summed E-state index contributed by atoms with van der Waals surface area (Å²) >= 11 is 0. The van der Waals surface area contributed by atoms with Gasteiger partial charge < -0.3 is 20.1 Å². The van der Waals surface area contributed by atoms with Crippen LogP contribution in [0.25, 0.3) is 0 Å². The highest BCUT2D eigenvalue weighted by Gasteiger charge is 2.20. The van der Waals surface area contributed by atoms with Gasteiger partial charge in [0.1, 0.15) is 17.2 Å². The van der Waals surface area contributed by atoms with E-state index in [1.807, 2.05) is 0 Å². The molecule has 0 aliphatic heterocycles. The van der Waals surface area contributed by atoms with Crippen molar-refractivity contribution in [1.82, 2.24) is 4.98 Å². The van der Waals surface area contributed by atoms with Gasteiger partial charge in [-0.05, 0) is 43.3 Å². The third-order valence-corrected chi connectivity index (χ3v) is 5.58. The Hall–Kier alpha value is -3.79. The minimum absolute atomic E-state index is 0.0833. The number of H-pyrrole nitrogens is 1. The normalized spacial score (nSPS) is 11.0. The molecule has 0 radical (unpaired) electrons. The summed E-state index contributed by atoms with van der Waals surface area (Å²) in [7, 11) is -2.62. The number of nitrogens with one attached hydrogen (secondary N) is 3. The van der Waals surface area contributed by atoms with Crippen molar-refractivity contribution in [2.75, 3.05) is 17.1 Å². The van der Waals surface area contributed by atoms with Gasteiger partial charge in [0.05, 0.1) is 23.4 Å². The quantitative estimate of drug-likeness (QED) is 0.337. The smallest absolute Gasteiger partial charge is 0.272 e. The minimum Gasteiger partial charge on any atom is -0.506 e. The molecule has 0 fully saturated rings. The molecule has 1 amide bonds. The average Bonchev–Trinajstić information content (AvgIpc) is 3.20. The first kappa shape index (κ1) is 20.9. The topological polar surface area (TPSA) is 138 Å². The molecule has 9 nitrogen and oxygen atoms in total. The van der Waals surface area contributed by atoms with Gasteiger partial charge in [-0.2, -0.15) is 0 Å². The monoisotopic (exact) mass is 429 g/mol. The third-order valence-electron chi connectivity index (χ3n) is 4.21. The second kappa shape index (κ2) is 8.29. The van der Waals surface area contributed by atoms with Gasteiger partial charge in [0.25, 0.3) is 15.9 Å². The first-order chi connectivity index (χ1) is 14.2. The van der Waals surface area contributed by atoms with Crippen LogP contribution < -0.4 is 14.8 Å². The average molecular weight is 429 g/mol. The van der Waals surface area contributed by atoms with Gasteiger partial charge in [-0.15, -0.1) is 0 Å². The number of carbonyl (C=O) groups excluding carboxylic acids is 2. The Kier molecular flexibility index (Phi) is 5.79. The maximum Gasteiger partial charge on any atom is 0.272 e. The number of rotatable bonds is 7. The molecule has 0 saturated heterocycles. The number of aromatic hydroxyl groups is 1. The summed E-state index contributed by atoms with van der Waals surface area (Å²) in [6.07, 6.45) is 1.38. The SMILES string of the molecule is COc1ccccc1NS(=O)(=O)c1ccc(O)c(NC(=O)c2cc(C(C)=O)c[nH]2)c1. The molecule has 0 aliphatic carbocycles. The molecule has 156 valence electrons. The van der Waals surface area contributed by atoms with Crippen molar-refractivity contribution in [2.24, 2.45) is 0 Å². The van der Waals surface area contributed by atoms with Gasteiger partial charge in [-0.1, -0.05) is 12.1 Å². The lowest BCUT2D eigenvalue weighted by Crippen LogP contribution is -2.16. The van der Waals surface area contributed by atoms with E-state index in [1.165, 1.54) is 38.4 Å². The molecular weight excluding hydrogens is 410 g/mol. The van der Waals surface area contributed by atoms with Gasteiger partial charge in [-0.3, -0.25) is 14.3 Å². The fourth-order valence-electron chi connectivity index (χ4n) is 2.63. The molecule has 2 aromatic carbocycles. The number of sulfonamides is 1. The highest BCUT2D eigenvalue weighted by Crippen LogP contribution is 2.30. The lowest BCUT2D eigenvalue weighted by molar-refractivity contribution is 0.101. The summed E-state index contributed by atoms with van der Waals surface area (Å²) in [5, 5.41) is 12.5. The van der Waals surface area contributed by atoms with E-state index < -0.39 is 15.9 Å². The zero-order valence-corrected chi connectivity index (χ0v) is 16.9. The first-order valence-electron chi connectivity index (χ1n) is 8.71. The third kappa shape index (κ3) is 4.44. The predicted octanol–water partition coefficient (Wildman–Crippen LogP) is 2.98. The molecule has 4 N–H and O–H groups in total. The van der Waals surface area contributed by atoms with Crippen LogP contribution >= 0.6 is 0 Å². The molecule has 1 heterocycles. The Balaban J connectivity index is 1.86. The summed E-state index contributed by atoms with van der Waals surface area (Å²) < 4.78 is 33.1. The Morgan fingerprint density at radius 3 is 2.47 bits per heavy atom. The molecular formula is C20H19N3O6S. The molecule has 30 heavy (non-hydrogen) atoms. The van der Waals surface area contributed by atoms with E-state index in [0.29, 0.717) is 11.3 Å². The van der Waals surface area contributed by atoms with Crippen molar-refractivity contribution >= 4 is 33.1 Å². The number of hydrogen-bond donors (Lipinski definition) is 4. The number of phenols is 1. The number of carbonyl (C=O) groups is 2. The fraction of sp³-hybridized carbons (Fsp3) is 0.100. The van der Waals surface area contributed by atoms with Crippen molar-refractivity contribution in [2.45, 2.75) is 11.8 Å². The van der Waals surface area contributed by atoms with E-state index in [9.17, 15) is 23.1 Å². The molecule has 0 saturated carbocycles. The number of benzene rings is 2. The lowest BCUT2D eigenvalue weighted by Gasteiger charge is -2.13. The van der Waals surface area contributed by atoms with Crippen LogP contribution in [0.15, 0.2) is 59.6 Å². The first-order valence-corrected chi connectivity index (χ1v) is 10.2. The zero-order chi connectivity index (χ0) is 21.9. The molecule has 3 aromatic rings. The number of ketones is 1. The van der Waals surface area contributed by atoms with Crippen LogP contribution in [0.5, 0.6) is 11.5 Å². The summed E-state index contributed by atoms with van der Waals surface area (Å²) in [5.41, 5.74) is 0.533. The van der Waals surface area contributed by atoms with Crippen LogP contribution in [-0.4, -0.2) is 37.3 Å². The number of phenolic OH excluding ortho intramolecular Hbond substituents is 1. The molecule has 0 bridgehead atoms. The van der Waals surface area contributed by atoms with Crippen molar-refractivity contribution in [1.29, 1.82) is 0 Å². The van der Waals surface area contributed by atoms with Gasteiger partial charge in [0.2, 0.25) is 0 Å². The van der Waals surface area contributed by atoms with E-state index in [0.717, 1.165) is 12.1 Å². The summed E-state index contributed by atoms with van der Waals surface area (Å²) in [6.45, 7) is 1.36. The Morgan fingerprint density at radius 1 is 1.07 bits per heavy atom. The molecule has 3 rings (SSSR count). The van der Waals surface area contributed by atoms with E-state index in [-0.39, 0.29) is 33.5 Å². The van der Waals surface area contributed by atoms with Gasteiger partial charge >= 0.3 is 0 Å². The second-order valence-corrected chi connectivity index (χ2v) is 7.98. The van der Waals surface area contributed by atoms with Crippen LogP contribution in [0, 0.1) is 0 Å². The van der Waals surface area contributed by atoms with E-state index in [2.05, 4.69) is 15.0 Å². The van der Waals surface area contributed by atoms with Crippen molar-refractivity contribution < 1.29 is 27.9 Å². The molecule has 0 atom stereocenters. The number of aromatic nitrogens is 1. The molecule has 10 heteroatoms. The van der Waals surface area contributed by atoms with Crippen LogP contribution in [-0.2, 0) is 10.0 Å². The van der Waals surface area contributed by atoms with Crippen molar-refractivity contribution in [3.05, 3.63) is 66.0 Å². The summed E-state index contributed by atoms with van der Waals surface area (Å²) in [6, 6.07) is 11.3. The second-order valence-electron chi connectivity index (χ2n) is 6.30. The van der Waals surface area contributed by atoms with E-state index in [4.69, 9.17) is 4.74 Å². The minimum atomic E-state index is -4.04. The standard InChI is InChI=1S/C20H19N3O6S/c1-12(24)13-9-17(21-11-13)20(26)22-16-10-14(7-8-18(16)25)30(27,28)23-15-5-3-4-6-19(15)29-2/h3-11,21,23,25H,1-2H3,(H,22,26). The maximum absolute atomic E-state index is 12.8. The number of anilines is 2. The number of methoxy groups -OCH3 is 1. The van der Waals surface area contributed by atoms with Crippen molar-refractivity contribution in [3.63, 3.8) is 0 Å². The molecule has 0 unspecified atom stereocenters. The molecule has 1 aromatic heterocycles. The number of hydrogen-bond acceptors (Lipinski definition) is 6. The Morgan fingerprint density at radius 2 is 1.80 bits per heavy atom. The summed E-state index contributed by atoms with van der Waals surface area (Å²) in [5.74, 6) is -0.854. The number of ether oxygens (including phenoxy) is 1. The van der Waals surface area contributed by atoms with Gasteiger partial charge in [0.15, 0.2) is 5.78 Å². The van der Waals surface area contributed by atoms with Gasteiger partial charge in [-0.25, -0.2) is 8.42 Å². The fourth-order valence-corrected chi connectivity index (χ4v) is 3.73. The van der Waals surface area contributed by atoms with Crippen LogP contribution in [0.4, 0.5) is 11.4 Å². The van der Waals surface area contributed by atoms with Crippen molar-refractivity contribution in [3.8, 4) is 11.5 Å². The molecule has 0 aliphatic rings. The lowest BCUT2D eigenvalue weighted by atomic mass is 10.2. The highest BCUT2D eigenvalue weighted by molar-refractivity contribution is 7.92. The van der Waals surface area contributed by atoms with Crippen LogP contribution in [0.1, 0.15) is 27.8 Å². The molecule has 0 spiro atoms. The van der Waals surface area contributed by atoms with E-state index in [1.54, 1.807) is 18.2 Å². The number of amides is 1. The largest absolute Gasteiger partial charge is 0.506 e. The Bertz CT molecular complexity index is 1220.